The molecule has 1 N–H and O–H groups in total. The summed E-state index contributed by atoms with van der Waals surface area (Å²) in [5.74, 6) is 0.756. The first-order valence-electron chi connectivity index (χ1n) is 8.31. The number of rotatable bonds is 6. The van der Waals surface area contributed by atoms with E-state index < -0.39 is 5.97 Å². The summed E-state index contributed by atoms with van der Waals surface area (Å²) in [6.07, 6.45) is 1.49. The van der Waals surface area contributed by atoms with Gasteiger partial charge in [-0.25, -0.2) is 4.79 Å². The summed E-state index contributed by atoms with van der Waals surface area (Å²) in [7, 11) is 3.14. The summed E-state index contributed by atoms with van der Waals surface area (Å²) in [6.45, 7) is 2.01. The van der Waals surface area contributed by atoms with Crippen molar-refractivity contribution >= 4 is 39.8 Å². The zero-order valence-electron chi connectivity index (χ0n) is 15.2. The summed E-state index contributed by atoms with van der Waals surface area (Å²) in [5, 5.41) is 4.50. The number of nitrogens with zero attached hydrogens (tertiary/aromatic N) is 1. The number of halogens is 1. The Bertz CT molecular complexity index is 991. The van der Waals surface area contributed by atoms with E-state index in [1.165, 1.54) is 6.20 Å². The standard InChI is InChI=1S/C20H19ClN2O4/c1-4-27-20(24)15-11-22-16-7-6-13(25-2)10-14(16)19(15)23-17-9-12(21)5-8-18(17)26-3/h5-11H,4H2,1-3H3,(H,22,23). The van der Waals surface area contributed by atoms with Gasteiger partial charge in [-0.15, -0.1) is 0 Å². The first-order chi connectivity index (χ1) is 13.1. The van der Waals surface area contributed by atoms with Crippen molar-refractivity contribution in [2.45, 2.75) is 6.92 Å². The number of aromatic nitrogens is 1. The molecule has 3 rings (SSSR count). The number of nitrogens with one attached hydrogen (secondary N) is 1. The normalized spacial score (nSPS) is 10.5. The van der Waals surface area contributed by atoms with E-state index in [4.69, 9.17) is 25.8 Å². The van der Waals surface area contributed by atoms with Crippen molar-refractivity contribution in [3.63, 3.8) is 0 Å². The van der Waals surface area contributed by atoms with Gasteiger partial charge in [-0.3, -0.25) is 4.98 Å². The molecule has 0 unspecified atom stereocenters. The lowest BCUT2D eigenvalue weighted by molar-refractivity contribution is 0.0527. The minimum atomic E-state index is -0.474. The van der Waals surface area contributed by atoms with Gasteiger partial charge in [0.05, 0.1) is 37.7 Å². The van der Waals surface area contributed by atoms with Crippen LogP contribution >= 0.6 is 11.6 Å². The number of pyridine rings is 1. The average Bonchev–Trinajstić information content (AvgIpc) is 2.68. The number of benzene rings is 2. The van der Waals surface area contributed by atoms with E-state index in [0.29, 0.717) is 44.4 Å². The van der Waals surface area contributed by atoms with Gasteiger partial charge in [0.2, 0.25) is 0 Å². The van der Waals surface area contributed by atoms with Crippen LogP contribution in [0.3, 0.4) is 0 Å². The van der Waals surface area contributed by atoms with E-state index in [-0.39, 0.29) is 6.61 Å². The Hall–Kier alpha value is -2.99. The highest BCUT2D eigenvalue weighted by Gasteiger charge is 2.19. The number of carbonyl (C=O) groups excluding carboxylic acids is 1. The molecule has 140 valence electrons. The molecule has 7 heteroatoms. The molecule has 0 aliphatic heterocycles. The van der Waals surface area contributed by atoms with Gasteiger partial charge in [0.1, 0.15) is 17.1 Å². The van der Waals surface area contributed by atoms with E-state index in [1.807, 2.05) is 18.2 Å². The molecule has 0 fully saturated rings. The van der Waals surface area contributed by atoms with Gasteiger partial charge >= 0.3 is 5.97 Å². The first-order valence-corrected chi connectivity index (χ1v) is 8.69. The Labute approximate surface area is 162 Å². The van der Waals surface area contributed by atoms with Gasteiger partial charge in [0.25, 0.3) is 0 Å². The fraction of sp³-hybridized carbons (Fsp3) is 0.200. The van der Waals surface area contributed by atoms with Gasteiger partial charge in [-0.1, -0.05) is 11.6 Å². The Morgan fingerprint density at radius 2 is 1.96 bits per heavy atom. The van der Waals surface area contributed by atoms with Crippen molar-refractivity contribution in [3.8, 4) is 11.5 Å². The fourth-order valence-corrected chi connectivity index (χ4v) is 2.88. The lowest BCUT2D eigenvalue weighted by Crippen LogP contribution is -2.09. The molecular formula is C20H19ClN2O4. The molecular weight excluding hydrogens is 368 g/mol. The molecule has 1 heterocycles. The third kappa shape index (κ3) is 3.90. The molecule has 0 bridgehead atoms. The molecule has 0 atom stereocenters. The van der Waals surface area contributed by atoms with Crippen molar-refractivity contribution in [3.05, 3.63) is 53.2 Å². The number of ether oxygens (including phenoxy) is 3. The molecule has 27 heavy (non-hydrogen) atoms. The van der Waals surface area contributed by atoms with E-state index >= 15 is 0 Å². The number of carbonyl (C=O) groups is 1. The predicted octanol–water partition coefficient (Wildman–Crippen LogP) is 4.83. The van der Waals surface area contributed by atoms with Crippen LogP contribution in [0.2, 0.25) is 5.02 Å². The summed E-state index contributed by atoms with van der Waals surface area (Å²) in [5.41, 5.74) is 2.16. The molecule has 0 radical (unpaired) electrons. The molecule has 0 amide bonds. The maximum absolute atomic E-state index is 12.5. The summed E-state index contributed by atoms with van der Waals surface area (Å²) in [4.78, 5) is 16.9. The van der Waals surface area contributed by atoms with Crippen LogP contribution in [0.5, 0.6) is 11.5 Å². The van der Waals surface area contributed by atoms with Crippen LogP contribution in [-0.2, 0) is 4.74 Å². The second kappa shape index (κ2) is 8.14. The molecule has 0 aliphatic rings. The largest absolute Gasteiger partial charge is 0.497 e. The van der Waals surface area contributed by atoms with E-state index in [2.05, 4.69) is 10.3 Å². The predicted molar refractivity (Wildman–Crippen MR) is 106 cm³/mol. The third-order valence-electron chi connectivity index (χ3n) is 3.99. The molecule has 2 aromatic carbocycles. The number of anilines is 2. The second-order valence-corrected chi connectivity index (χ2v) is 6.06. The zero-order valence-corrected chi connectivity index (χ0v) is 16.0. The summed E-state index contributed by atoms with van der Waals surface area (Å²) in [6, 6.07) is 10.6. The minimum absolute atomic E-state index is 0.259. The van der Waals surface area contributed by atoms with Crippen LogP contribution in [0.25, 0.3) is 10.9 Å². The molecule has 6 nitrogen and oxygen atoms in total. The quantitative estimate of drug-likeness (QED) is 0.612. The van der Waals surface area contributed by atoms with Crippen LogP contribution in [-0.4, -0.2) is 31.8 Å². The fourth-order valence-electron chi connectivity index (χ4n) is 2.71. The Morgan fingerprint density at radius 1 is 1.15 bits per heavy atom. The van der Waals surface area contributed by atoms with Crippen LogP contribution in [0.1, 0.15) is 17.3 Å². The molecule has 0 saturated heterocycles. The van der Waals surface area contributed by atoms with Gasteiger partial charge in [0, 0.05) is 16.6 Å². The summed E-state index contributed by atoms with van der Waals surface area (Å²) < 4.78 is 15.9. The lowest BCUT2D eigenvalue weighted by Gasteiger charge is -2.17. The third-order valence-corrected chi connectivity index (χ3v) is 4.23. The minimum Gasteiger partial charge on any atom is -0.497 e. The zero-order chi connectivity index (χ0) is 19.4. The van der Waals surface area contributed by atoms with Crippen molar-refractivity contribution in [2.75, 3.05) is 26.1 Å². The van der Waals surface area contributed by atoms with Crippen molar-refractivity contribution < 1.29 is 19.0 Å². The van der Waals surface area contributed by atoms with Gasteiger partial charge in [-0.05, 0) is 43.3 Å². The Balaban J connectivity index is 2.22. The molecule has 0 aliphatic carbocycles. The van der Waals surface area contributed by atoms with E-state index in [1.54, 1.807) is 39.3 Å². The maximum Gasteiger partial charge on any atom is 0.341 e. The number of fused-ring (bicyclic) bond motifs is 1. The van der Waals surface area contributed by atoms with Gasteiger partial charge in [0.15, 0.2) is 0 Å². The highest BCUT2D eigenvalue weighted by atomic mass is 35.5. The van der Waals surface area contributed by atoms with Crippen LogP contribution < -0.4 is 14.8 Å². The van der Waals surface area contributed by atoms with E-state index in [9.17, 15) is 4.79 Å². The highest BCUT2D eigenvalue weighted by molar-refractivity contribution is 6.31. The topological polar surface area (TPSA) is 69.7 Å². The smallest absolute Gasteiger partial charge is 0.341 e. The Kier molecular flexibility index (Phi) is 5.66. The monoisotopic (exact) mass is 386 g/mol. The van der Waals surface area contributed by atoms with Crippen LogP contribution in [0, 0.1) is 0 Å². The lowest BCUT2D eigenvalue weighted by atomic mass is 10.1. The van der Waals surface area contributed by atoms with Crippen molar-refractivity contribution in [1.29, 1.82) is 0 Å². The summed E-state index contributed by atoms with van der Waals surface area (Å²) >= 11 is 6.14. The SMILES string of the molecule is CCOC(=O)c1cnc2ccc(OC)cc2c1Nc1cc(Cl)ccc1OC. The molecule has 1 aromatic heterocycles. The van der Waals surface area contributed by atoms with Crippen molar-refractivity contribution in [1.82, 2.24) is 4.98 Å². The molecule has 0 spiro atoms. The van der Waals surface area contributed by atoms with Gasteiger partial charge < -0.3 is 19.5 Å². The number of hydrogen-bond donors (Lipinski definition) is 1. The van der Waals surface area contributed by atoms with Crippen LogP contribution in [0.4, 0.5) is 11.4 Å². The molecule has 3 aromatic rings. The molecule has 0 saturated carbocycles. The number of hydrogen-bond acceptors (Lipinski definition) is 6. The maximum atomic E-state index is 12.5. The van der Waals surface area contributed by atoms with E-state index in [0.717, 1.165) is 0 Å². The number of methoxy groups -OCH3 is 2. The second-order valence-electron chi connectivity index (χ2n) is 5.62. The Morgan fingerprint density at radius 3 is 2.67 bits per heavy atom. The van der Waals surface area contributed by atoms with Crippen molar-refractivity contribution in [2.24, 2.45) is 0 Å². The highest BCUT2D eigenvalue weighted by Crippen LogP contribution is 2.36. The first kappa shape index (κ1) is 18.8. The van der Waals surface area contributed by atoms with Gasteiger partial charge in [-0.2, -0.15) is 0 Å². The number of esters is 1. The average molecular weight is 387 g/mol. The van der Waals surface area contributed by atoms with Crippen LogP contribution in [0.15, 0.2) is 42.6 Å².